The molecule has 0 fully saturated rings. The summed E-state index contributed by atoms with van der Waals surface area (Å²) in [5.41, 5.74) is 0.131. The lowest BCUT2D eigenvalue weighted by Crippen LogP contribution is -2.49. The molecule has 0 radical (unpaired) electrons. The predicted molar refractivity (Wildman–Crippen MR) is 94.1 cm³/mol. The Morgan fingerprint density at radius 3 is 2.52 bits per heavy atom. The fourth-order valence-electron chi connectivity index (χ4n) is 3.20. The normalized spacial score (nSPS) is 16.2. The Balaban J connectivity index is 2.00. The maximum absolute atomic E-state index is 12.5. The first-order valence-electron chi connectivity index (χ1n) is 8.52. The van der Waals surface area contributed by atoms with Gasteiger partial charge < -0.3 is 9.52 Å². The third-order valence-corrected chi connectivity index (χ3v) is 6.32. The molecule has 0 aliphatic heterocycles. The molecule has 2 aromatic rings. The molecule has 0 saturated heterocycles. The number of carbonyl (C=O) groups is 1. The van der Waals surface area contributed by atoms with E-state index in [1.807, 2.05) is 0 Å². The molecule has 6 nitrogen and oxygen atoms in total. The SMILES string of the molecule is CC(C)(NS(=O)(=O)c1ccc2c3c(oc2c1)CCCCCC3)C(=O)O. The molecule has 1 aromatic heterocycles. The highest BCUT2D eigenvalue weighted by atomic mass is 32.2. The van der Waals surface area contributed by atoms with Crippen molar-refractivity contribution in [2.45, 2.75) is 62.8 Å². The van der Waals surface area contributed by atoms with E-state index in [4.69, 9.17) is 9.52 Å². The maximum Gasteiger partial charge on any atom is 0.324 e. The number of rotatable bonds is 4. The molecule has 1 aliphatic rings. The molecular formula is C18H23NO5S. The van der Waals surface area contributed by atoms with Crippen LogP contribution >= 0.6 is 0 Å². The van der Waals surface area contributed by atoms with Gasteiger partial charge in [0, 0.05) is 23.4 Å². The molecule has 0 unspecified atom stereocenters. The number of aryl methyl sites for hydroxylation is 2. The van der Waals surface area contributed by atoms with Crippen LogP contribution in [-0.2, 0) is 27.7 Å². The van der Waals surface area contributed by atoms with Gasteiger partial charge in [-0.1, -0.05) is 12.8 Å². The van der Waals surface area contributed by atoms with Crippen molar-refractivity contribution in [2.24, 2.45) is 0 Å². The molecular weight excluding hydrogens is 342 g/mol. The fourth-order valence-corrected chi connectivity index (χ4v) is 4.59. The van der Waals surface area contributed by atoms with Crippen molar-refractivity contribution in [3.8, 4) is 0 Å². The minimum absolute atomic E-state index is 0.0102. The molecule has 1 aromatic carbocycles. The zero-order valence-electron chi connectivity index (χ0n) is 14.5. The van der Waals surface area contributed by atoms with Gasteiger partial charge in [0.2, 0.25) is 10.0 Å². The molecule has 3 rings (SSSR count). The molecule has 7 heteroatoms. The van der Waals surface area contributed by atoms with Gasteiger partial charge in [0.1, 0.15) is 16.9 Å². The number of furan rings is 1. The molecule has 136 valence electrons. The topological polar surface area (TPSA) is 96.6 Å². The van der Waals surface area contributed by atoms with E-state index in [0.29, 0.717) is 5.58 Å². The molecule has 0 bridgehead atoms. The number of carboxylic acid groups (broad SMARTS) is 1. The highest BCUT2D eigenvalue weighted by Gasteiger charge is 2.33. The van der Waals surface area contributed by atoms with E-state index in [1.54, 1.807) is 6.07 Å². The van der Waals surface area contributed by atoms with E-state index in [1.165, 1.54) is 44.4 Å². The largest absolute Gasteiger partial charge is 0.480 e. The number of benzene rings is 1. The summed E-state index contributed by atoms with van der Waals surface area (Å²) in [6.07, 6.45) is 6.38. The van der Waals surface area contributed by atoms with Crippen LogP contribution in [0.15, 0.2) is 27.5 Å². The van der Waals surface area contributed by atoms with Crippen molar-refractivity contribution in [1.82, 2.24) is 4.72 Å². The Bertz CT molecular complexity index is 911. The van der Waals surface area contributed by atoms with Gasteiger partial charge in [-0.15, -0.1) is 0 Å². The van der Waals surface area contributed by atoms with Crippen LogP contribution in [0.5, 0.6) is 0 Å². The monoisotopic (exact) mass is 365 g/mol. The quantitative estimate of drug-likeness (QED) is 0.867. The molecule has 2 N–H and O–H groups in total. The molecule has 25 heavy (non-hydrogen) atoms. The minimum atomic E-state index is -3.96. The van der Waals surface area contributed by atoms with Crippen LogP contribution in [0.25, 0.3) is 11.0 Å². The van der Waals surface area contributed by atoms with Gasteiger partial charge in [0.15, 0.2) is 0 Å². The van der Waals surface area contributed by atoms with Crippen molar-refractivity contribution in [2.75, 3.05) is 0 Å². The molecule has 1 heterocycles. The summed E-state index contributed by atoms with van der Waals surface area (Å²) in [7, 11) is -3.96. The van der Waals surface area contributed by atoms with Crippen LogP contribution in [0, 0.1) is 0 Å². The van der Waals surface area contributed by atoms with Crippen LogP contribution in [0.4, 0.5) is 0 Å². The van der Waals surface area contributed by atoms with E-state index in [-0.39, 0.29) is 4.90 Å². The standard InChI is InChI=1S/C18H23NO5S/c1-18(2,17(20)21)19-25(22,23)12-9-10-14-13-7-5-3-4-6-8-15(13)24-16(14)11-12/h9-11,19H,3-8H2,1-2H3,(H,20,21). The fraction of sp³-hybridized carbons (Fsp3) is 0.500. The number of carboxylic acids is 1. The smallest absolute Gasteiger partial charge is 0.324 e. The van der Waals surface area contributed by atoms with Crippen LogP contribution < -0.4 is 4.72 Å². The summed E-state index contributed by atoms with van der Waals surface area (Å²) < 4.78 is 33.2. The summed E-state index contributed by atoms with van der Waals surface area (Å²) in [5, 5.41) is 10.1. The van der Waals surface area contributed by atoms with Gasteiger partial charge in [0.25, 0.3) is 0 Å². The van der Waals surface area contributed by atoms with E-state index < -0.39 is 21.5 Å². The highest BCUT2D eigenvalue weighted by Crippen LogP contribution is 2.32. The number of sulfonamides is 1. The second-order valence-electron chi connectivity index (χ2n) is 7.11. The van der Waals surface area contributed by atoms with E-state index >= 15 is 0 Å². The predicted octanol–water partition coefficient (Wildman–Crippen LogP) is 3.23. The molecule has 0 spiro atoms. The Hall–Kier alpha value is -1.86. The Labute approximate surface area is 147 Å². The van der Waals surface area contributed by atoms with E-state index in [9.17, 15) is 13.2 Å². The zero-order chi connectivity index (χ0) is 18.2. The number of aliphatic carboxylic acids is 1. The van der Waals surface area contributed by atoms with Gasteiger partial charge >= 0.3 is 5.97 Å². The number of hydrogen-bond donors (Lipinski definition) is 2. The molecule has 0 amide bonds. The Morgan fingerprint density at radius 2 is 1.84 bits per heavy atom. The van der Waals surface area contributed by atoms with Gasteiger partial charge in [-0.2, -0.15) is 4.72 Å². The summed E-state index contributed by atoms with van der Waals surface area (Å²) in [6, 6.07) is 4.76. The summed E-state index contributed by atoms with van der Waals surface area (Å²) >= 11 is 0. The zero-order valence-corrected chi connectivity index (χ0v) is 15.3. The lowest BCUT2D eigenvalue weighted by atomic mass is 9.97. The third-order valence-electron chi connectivity index (χ3n) is 4.66. The van der Waals surface area contributed by atoms with Gasteiger partial charge in [0.05, 0.1) is 4.90 Å². The van der Waals surface area contributed by atoms with Crippen LogP contribution in [-0.4, -0.2) is 25.0 Å². The second kappa shape index (κ2) is 6.46. The average molecular weight is 365 g/mol. The number of nitrogens with one attached hydrogen (secondary N) is 1. The first kappa shape index (κ1) is 17.9. The van der Waals surface area contributed by atoms with Crippen molar-refractivity contribution in [3.63, 3.8) is 0 Å². The van der Waals surface area contributed by atoms with Crippen molar-refractivity contribution >= 4 is 27.0 Å². The number of hydrogen-bond acceptors (Lipinski definition) is 4. The summed E-state index contributed by atoms with van der Waals surface area (Å²) in [5.74, 6) is -0.291. The summed E-state index contributed by atoms with van der Waals surface area (Å²) in [6.45, 7) is 2.62. The van der Waals surface area contributed by atoms with Crippen LogP contribution in [0.3, 0.4) is 0 Å². The Morgan fingerprint density at radius 1 is 1.16 bits per heavy atom. The third kappa shape index (κ3) is 3.57. The van der Waals surface area contributed by atoms with E-state index in [2.05, 4.69) is 4.72 Å². The summed E-state index contributed by atoms with van der Waals surface area (Å²) in [4.78, 5) is 11.2. The first-order valence-corrected chi connectivity index (χ1v) is 10.0. The van der Waals surface area contributed by atoms with Crippen molar-refractivity contribution < 1.29 is 22.7 Å². The van der Waals surface area contributed by atoms with Gasteiger partial charge in [-0.05, 0) is 45.2 Å². The average Bonchev–Trinajstić information content (AvgIpc) is 2.82. The molecule has 1 aliphatic carbocycles. The van der Waals surface area contributed by atoms with Crippen molar-refractivity contribution in [3.05, 3.63) is 29.5 Å². The molecule has 0 atom stereocenters. The van der Waals surface area contributed by atoms with Gasteiger partial charge in [-0.3, -0.25) is 4.79 Å². The minimum Gasteiger partial charge on any atom is -0.480 e. The van der Waals surface area contributed by atoms with Gasteiger partial charge in [-0.25, -0.2) is 8.42 Å². The lowest BCUT2D eigenvalue weighted by Gasteiger charge is -2.20. The Kier molecular flexibility index (Phi) is 4.64. The van der Waals surface area contributed by atoms with Crippen molar-refractivity contribution in [1.29, 1.82) is 0 Å². The highest BCUT2D eigenvalue weighted by molar-refractivity contribution is 7.89. The van der Waals surface area contributed by atoms with E-state index in [0.717, 1.165) is 36.8 Å². The van der Waals surface area contributed by atoms with Crippen LogP contribution in [0.2, 0.25) is 0 Å². The molecule has 0 saturated carbocycles. The number of fused-ring (bicyclic) bond motifs is 3. The van der Waals surface area contributed by atoms with Crippen LogP contribution in [0.1, 0.15) is 50.9 Å². The lowest BCUT2D eigenvalue weighted by molar-refractivity contribution is -0.142. The second-order valence-corrected chi connectivity index (χ2v) is 8.79. The maximum atomic E-state index is 12.5. The first-order chi connectivity index (χ1) is 11.7.